The van der Waals surface area contributed by atoms with Gasteiger partial charge in [-0.3, -0.25) is 14.6 Å². The highest BCUT2D eigenvalue weighted by Gasteiger charge is 2.31. The largest absolute Gasteiger partial charge is 0.369 e. The molecule has 1 saturated carbocycles. The number of nitriles is 1. The van der Waals surface area contributed by atoms with E-state index in [1.807, 2.05) is 24.3 Å². The summed E-state index contributed by atoms with van der Waals surface area (Å²) in [6, 6.07) is 7.60. The average molecular weight is 342 g/mol. The van der Waals surface area contributed by atoms with Crippen molar-refractivity contribution in [3.63, 3.8) is 0 Å². The van der Waals surface area contributed by atoms with Crippen LogP contribution in [0.15, 0.2) is 24.4 Å². The highest BCUT2D eigenvalue weighted by atomic mass is 16.2. The Morgan fingerprint density at radius 1 is 1.32 bits per heavy atom. The minimum Gasteiger partial charge on any atom is -0.369 e. The third kappa shape index (κ3) is 5.86. The predicted octanol–water partition coefficient (Wildman–Crippen LogP) is 2.05. The molecule has 1 unspecified atom stereocenters. The molecule has 2 amide bonds. The highest BCUT2D eigenvalue weighted by Crippen LogP contribution is 2.29. The summed E-state index contributed by atoms with van der Waals surface area (Å²) < 4.78 is 0. The maximum absolute atomic E-state index is 12.8. The lowest BCUT2D eigenvalue weighted by Crippen LogP contribution is -2.44. The van der Waals surface area contributed by atoms with Crippen molar-refractivity contribution in [2.24, 2.45) is 17.6 Å². The molecule has 1 aliphatic rings. The van der Waals surface area contributed by atoms with Gasteiger partial charge in [0.15, 0.2) is 0 Å². The van der Waals surface area contributed by atoms with Crippen LogP contribution in [0.3, 0.4) is 0 Å². The van der Waals surface area contributed by atoms with Gasteiger partial charge in [-0.05, 0) is 24.5 Å². The second-order valence-electron chi connectivity index (χ2n) is 6.68. The minimum absolute atomic E-state index is 0.0416. The molecule has 1 aromatic rings. The SMILES string of the molecule is N#CCN(CCc1ccccn1)C(=O)C(CC1CCCCC1)C(N)=O. The quantitative estimate of drug-likeness (QED) is 0.577. The Morgan fingerprint density at radius 3 is 2.68 bits per heavy atom. The van der Waals surface area contributed by atoms with Crippen LogP contribution in [0.5, 0.6) is 0 Å². The first-order valence-electron chi connectivity index (χ1n) is 8.96. The third-order valence-electron chi connectivity index (χ3n) is 4.87. The zero-order valence-electron chi connectivity index (χ0n) is 14.6. The van der Waals surface area contributed by atoms with Crippen LogP contribution in [0.25, 0.3) is 0 Å². The standard InChI is InChI=1S/C19H26N4O2/c20-10-13-23(12-9-16-8-4-5-11-22-16)19(25)17(18(21)24)14-15-6-2-1-3-7-15/h4-5,8,11,15,17H,1-3,6-7,9,12-14H2,(H2,21,24). The summed E-state index contributed by atoms with van der Waals surface area (Å²) in [6.45, 7) is 0.317. The van der Waals surface area contributed by atoms with Crippen LogP contribution in [-0.4, -0.2) is 34.8 Å². The van der Waals surface area contributed by atoms with E-state index in [0.29, 0.717) is 25.3 Å². The lowest BCUT2D eigenvalue weighted by Gasteiger charge is -2.28. The van der Waals surface area contributed by atoms with Gasteiger partial charge < -0.3 is 10.6 Å². The Balaban J connectivity index is 2.01. The molecule has 25 heavy (non-hydrogen) atoms. The molecule has 1 fully saturated rings. The molecule has 0 spiro atoms. The van der Waals surface area contributed by atoms with Crippen LogP contribution in [0.4, 0.5) is 0 Å². The molecule has 6 heteroatoms. The molecule has 1 aliphatic carbocycles. The van der Waals surface area contributed by atoms with Gasteiger partial charge in [0.25, 0.3) is 0 Å². The summed E-state index contributed by atoms with van der Waals surface area (Å²) in [5.41, 5.74) is 6.36. The second kappa shape index (κ2) is 9.77. The van der Waals surface area contributed by atoms with Gasteiger partial charge in [0, 0.05) is 24.9 Å². The Hall–Kier alpha value is -2.42. The number of primary amides is 1. The summed E-state index contributed by atoms with van der Waals surface area (Å²) in [4.78, 5) is 30.4. The molecule has 2 rings (SSSR count). The summed E-state index contributed by atoms with van der Waals surface area (Å²) in [6.07, 6.45) is 8.34. The van der Waals surface area contributed by atoms with Gasteiger partial charge in [-0.25, -0.2) is 0 Å². The first-order chi connectivity index (χ1) is 12.1. The second-order valence-corrected chi connectivity index (χ2v) is 6.68. The number of aromatic nitrogens is 1. The van der Waals surface area contributed by atoms with Crippen LogP contribution >= 0.6 is 0 Å². The molecular weight excluding hydrogens is 316 g/mol. The van der Waals surface area contributed by atoms with Gasteiger partial charge in [0.2, 0.25) is 11.8 Å². The molecule has 0 bridgehead atoms. The monoisotopic (exact) mass is 342 g/mol. The van der Waals surface area contributed by atoms with Gasteiger partial charge in [0.1, 0.15) is 12.5 Å². The molecule has 1 atom stereocenters. The zero-order chi connectivity index (χ0) is 18.1. The van der Waals surface area contributed by atoms with Crippen LogP contribution in [0.1, 0.15) is 44.2 Å². The summed E-state index contributed by atoms with van der Waals surface area (Å²) >= 11 is 0. The maximum atomic E-state index is 12.8. The summed E-state index contributed by atoms with van der Waals surface area (Å²) in [5, 5.41) is 9.05. The fourth-order valence-corrected chi connectivity index (χ4v) is 3.46. The molecule has 1 aromatic heterocycles. The Labute approximate surface area is 149 Å². The summed E-state index contributed by atoms with van der Waals surface area (Å²) in [5.74, 6) is -1.37. The van der Waals surface area contributed by atoms with E-state index in [-0.39, 0.29) is 12.5 Å². The van der Waals surface area contributed by atoms with Crippen LogP contribution < -0.4 is 5.73 Å². The van der Waals surface area contributed by atoms with Gasteiger partial charge in [-0.1, -0.05) is 38.2 Å². The van der Waals surface area contributed by atoms with E-state index in [1.165, 1.54) is 11.3 Å². The van der Waals surface area contributed by atoms with Crippen LogP contribution in [-0.2, 0) is 16.0 Å². The van der Waals surface area contributed by atoms with E-state index in [0.717, 1.165) is 31.4 Å². The summed E-state index contributed by atoms with van der Waals surface area (Å²) in [7, 11) is 0. The van der Waals surface area contributed by atoms with E-state index in [9.17, 15) is 9.59 Å². The number of carbonyl (C=O) groups is 2. The number of carbonyl (C=O) groups excluding carboxylic acids is 2. The normalized spacial score (nSPS) is 16.0. The van der Waals surface area contributed by atoms with Crippen molar-refractivity contribution in [1.29, 1.82) is 5.26 Å². The van der Waals surface area contributed by atoms with Gasteiger partial charge in [0.05, 0.1) is 6.07 Å². The Bertz CT molecular complexity index is 606. The number of nitrogens with two attached hydrogens (primary N) is 1. The Morgan fingerprint density at radius 2 is 2.08 bits per heavy atom. The molecule has 0 aromatic carbocycles. The van der Waals surface area contributed by atoms with Gasteiger partial charge >= 0.3 is 0 Å². The fraction of sp³-hybridized carbons (Fsp3) is 0.579. The minimum atomic E-state index is -0.833. The highest BCUT2D eigenvalue weighted by molar-refractivity contribution is 5.99. The van der Waals surface area contributed by atoms with Crippen molar-refractivity contribution in [2.45, 2.75) is 44.9 Å². The number of pyridine rings is 1. The molecule has 134 valence electrons. The average Bonchev–Trinajstić information content (AvgIpc) is 2.64. The number of hydrogen-bond acceptors (Lipinski definition) is 4. The zero-order valence-corrected chi connectivity index (χ0v) is 14.6. The molecule has 0 radical (unpaired) electrons. The van der Waals surface area contributed by atoms with Crippen molar-refractivity contribution in [3.05, 3.63) is 30.1 Å². The van der Waals surface area contributed by atoms with Crippen molar-refractivity contribution in [3.8, 4) is 6.07 Å². The predicted molar refractivity (Wildman–Crippen MR) is 94.0 cm³/mol. The van der Waals surface area contributed by atoms with Crippen molar-refractivity contribution in [2.75, 3.05) is 13.1 Å². The maximum Gasteiger partial charge on any atom is 0.236 e. The Kier molecular flexibility index (Phi) is 7.39. The molecule has 6 nitrogen and oxygen atoms in total. The smallest absolute Gasteiger partial charge is 0.236 e. The lowest BCUT2D eigenvalue weighted by molar-refractivity contribution is -0.141. The van der Waals surface area contributed by atoms with Crippen LogP contribution in [0.2, 0.25) is 0 Å². The first-order valence-corrected chi connectivity index (χ1v) is 8.96. The number of amides is 2. The molecule has 1 heterocycles. The first kappa shape index (κ1) is 18.9. The fourth-order valence-electron chi connectivity index (χ4n) is 3.46. The van der Waals surface area contributed by atoms with Crippen LogP contribution in [0, 0.1) is 23.2 Å². The van der Waals surface area contributed by atoms with E-state index in [4.69, 9.17) is 11.0 Å². The van der Waals surface area contributed by atoms with Gasteiger partial charge in [-0.15, -0.1) is 0 Å². The van der Waals surface area contributed by atoms with E-state index >= 15 is 0 Å². The number of nitrogens with zero attached hydrogens (tertiary/aromatic N) is 3. The molecule has 2 N–H and O–H groups in total. The molecule has 0 aliphatic heterocycles. The topological polar surface area (TPSA) is 100 Å². The van der Waals surface area contributed by atoms with Crippen molar-refractivity contribution in [1.82, 2.24) is 9.88 Å². The number of rotatable bonds is 8. The van der Waals surface area contributed by atoms with Gasteiger partial charge in [-0.2, -0.15) is 5.26 Å². The molecular formula is C19H26N4O2. The molecule has 0 saturated heterocycles. The van der Waals surface area contributed by atoms with E-state index in [2.05, 4.69) is 4.98 Å². The van der Waals surface area contributed by atoms with Crippen molar-refractivity contribution < 1.29 is 9.59 Å². The lowest BCUT2D eigenvalue weighted by atomic mass is 9.82. The van der Waals surface area contributed by atoms with E-state index < -0.39 is 11.8 Å². The van der Waals surface area contributed by atoms with Crippen molar-refractivity contribution >= 4 is 11.8 Å². The third-order valence-corrected chi connectivity index (χ3v) is 4.87. The van der Waals surface area contributed by atoms with E-state index in [1.54, 1.807) is 6.20 Å². The number of hydrogen-bond donors (Lipinski definition) is 1.